The van der Waals surface area contributed by atoms with E-state index < -0.39 is 6.09 Å². The summed E-state index contributed by atoms with van der Waals surface area (Å²) in [4.78, 5) is 10.9. The first-order chi connectivity index (χ1) is 11.1. The van der Waals surface area contributed by atoms with Crippen molar-refractivity contribution in [3.05, 3.63) is 52.5 Å². The number of ether oxygens (including phenoxy) is 3. The predicted octanol–water partition coefficient (Wildman–Crippen LogP) is 4.52. The highest BCUT2D eigenvalue weighted by atomic mass is 35.5. The van der Waals surface area contributed by atoms with Crippen LogP contribution in [0.1, 0.15) is 0 Å². The van der Waals surface area contributed by atoms with Crippen molar-refractivity contribution in [1.82, 2.24) is 5.32 Å². The van der Waals surface area contributed by atoms with Gasteiger partial charge in [0.2, 0.25) is 0 Å². The minimum atomic E-state index is -0.488. The van der Waals surface area contributed by atoms with E-state index in [1.54, 1.807) is 42.5 Å². The molecule has 0 unspecified atom stereocenters. The van der Waals surface area contributed by atoms with Crippen molar-refractivity contribution in [2.75, 3.05) is 20.3 Å². The normalized spacial score (nSPS) is 10.0. The number of amides is 1. The summed E-state index contributed by atoms with van der Waals surface area (Å²) in [7, 11) is 1.50. The van der Waals surface area contributed by atoms with Crippen LogP contribution in [0.15, 0.2) is 42.5 Å². The summed E-state index contributed by atoms with van der Waals surface area (Å²) in [5.41, 5.74) is 0. The second kappa shape index (κ2) is 8.50. The van der Waals surface area contributed by atoms with E-state index in [1.807, 2.05) is 0 Å². The van der Waals surface area contributed by atoms with Gasteiger partial charge in [-0.2, -0.15) is 0 Å². The lowest BCUT2D eigenvalue weighted by molar-refractivity contribution is 0.127. The highest BCUT2D eigenvalue weighted by Crippen LogP contribution is 2.29. The number of alkyl carbamates (subject to hydrolysis) is 1. The summed E-state index contributed by atoms with van der Waals surface area (Å²) in [5, 5.41) is 3.36. The first-order valence-corrected chi connectivity index (χ1v) is 7.54. The fraction of sp³-hybridized carbons (Fsp3) is 0.188. The van der Waals surface area contributed by atoms with Gasteiger partial charge in [-0.1, -0.05) is 23.2 Å². The van der Waals surface area contributed by atoms with Gasteiger partial charge < -0.3 is 19.5 Å². The maximum atomic E-state index is 10.9. The number of hydrogen-bond acceptors (Lipinski definition) is 4. The first kappa shape index (κ1) is 17.2. The Bertz CT molecular complexity index is 641. The Kier molecular flexibility index (Phi) is 6.38. The van der Waals surface area contributed by atoms with Gasteiger partial charge in [0.1, 0.15) is 30.5 Å². The maximum Gasteiger partial charge on any atom is 0.406 e. The number of benzene rings is 2. The van der Waals surface area contributed by atoms with Gasteiger partial charge in [0.25, 0.3) is 0 Å². The van der Waals surface area contributed by atoms with Crippen molar-refractivity contribution in [3.63, 3.8) is 0 Å². The number of carbonyl (C=O) groups is 1. The number of halogens is 2. The lowest BCUT2D eigenvalue weighted by Crippen LogP contribution is -2.21. The predicted molar refractivity (Wildman–Crippen MR) is 88.9 cm³/mol. The molecule has 2 aromatic carbocycles. The summed E-state index contributed by atoms with van der Waals surface area (Å²) in [6.45, 7) is 0.427. The van der Waals surface area contributed by atoms with E-state index in [2.05, 4.69) is 5.32 Å². The van der Waals surface area contributed by atoms with E-state index in [0.717, 1.165) is 0 Å². The molecule has 1 N–H and O–H groups in total. The minimum Gasteiger partial charge on any atom is -0.490 e. The van der Waals surface area contributed by atoms with Crippen LogP contribution in [-0.4, -0.2) is 26.4 Å². The zero-order valence-corrected chi connectivity index (χ0v) is 13.9. The van der Waals surface area contributed by atoms with Gasteiger partial charge in [0.05, 0.1) is 0 Å². The monoisotopic (exact) mass is 355 g/mol. The third kappa shape index (κ3) is 5.88. The van der Waals surface area contributed by atoms with Gasteiger partial charge in [0, 0.05) is 17.1 Å². The van der Waals surface area contributed by atoms with Crippen molar-refractivity contribution < 1.29 is 19.0 Å². The highest BCUT2D eigenvalue weighted by Gasteiger charge is 2.03. The fourth-order valence-corrected chi connectivity index (χ4v) is 2.20. The average molecular weight is 356 g/mol. The van der Waals surface area contributed by atoms with Crippen LogP contribution in [0.4, 0.5) is 4.79 Å². The molecule has 2 rings (SSSR count). The van der Waals surface area contributed by atoms with Crippen LogP contribution in [0.5, 0.6) is 17.2 Å². The Labute approximate surface area is 144 Å². The van der Waals surface area contributed by atoms with E-state index in [9.17, 15) is 4.79 Å². The molecule has 0 aromatic heterocycles. The summed E-state index contributed by atoms with van der Waals surface area (Å²) in [5.74, 6) is 1.81. The molecule has 0 fully saturated rings. The fourth-order valence-electron chi connectivity index (χ4n) is 1.69. The molecule has 0 aliphatic carbocycles. The highest BCUT2D eigenvalue weighted by molar-refractivity contribution is 6.34. The topological polar surface area (TPSA) is 56.8 Å². The lowest BCUT2D eigenvalue weighted by atomic mass is 10.3. The molecule has 0 bridgehead atoms. The Balaban J connectivity index is 1.85. The number of carbonyl (C=O) groups excluding carboxylic acids is 1. The quantitative estimate of drug-likeness (QED) is 0.773. The van der Waals surface area contributed by atoms with Crippen LogP contribution in [0.25, 0.3) is 0 Å². The molecule has 0 heterocycles. The van der Waals surface area contributed by atoms with Crippen molar-refractivity contribution in [1.29, 1.82) is 0 Å². The van der Waals surface area contributed by atoms with E-state index in [4.69, 9.17) is 37.4 Å². The molecule has 5 nitrogen and oxygen atoms in total. The van der Waals surface area contributed by atoms with E-state index in [-0.39, 0.29) is 13.2 Å². The molecule has 23 heavy (non-hydrogen) atoms. The molecule has 0 aliphatic heterocycles. The standard InChI is InChI=1S/C16H15Cl2NO4/c1-19-16(20)22-7-6-21-13-2-4-14(5-3-13)23-15-9-11(17)8-12(18)10-15/h2-5,8-10H,6-7H2,1H3,(H,19,20). The zero-order valence-electron chi connectivity index (χ0n) is 12.3. The van der Waals surface area contributed by atoms with Crippen LogP contribution in [0.3, 0.4) is 0 Å². The molecule has 0 radical (unpaired) electrons. The number of hydrogen-bond donors (Lipinski definition) is 1. The second-order valence-electron chi connectivity index (χ2n) is 4.41. The van der Waals surface area contributed by atoms with Gasteiger partial charge >= 0.3 is 6.09 Å². The van der Waals surface area contributed by atoms with E-state index in [1.165, 1.54) is 7.05 Å². The third-order valence-electron chi connectivity index (χ3n) is 2.68. The molecular weight excluding hydrogens is 341 g/mol. The molecule has 122 valence electrons. The van der Waals surface area contributed by atoms with Crippen LogP contribution < -0.4 is 14.8 Å². The van der Waals surface area contributed by atoms with Gasteiger partial charge in [-0.25, -0.2) is 4.79 Å². The molecule has 0 spiro atoms. The van der Waals surface area contributed by atoms with Crippen molar-refractivity contribution in [2.45, 2.75) is 0 Å². The number of rotatable bonds is 6. The molecule has 0 saturated carbocycles. The lowest BCUT2D eigenvalue weighted by Gasteiger charge is -2.09. The summed E-state index contributed by atoms with van der Waals surface area (Å²) in [6, 6.07) is 12.0. The summed E-state index contributed by atoms with van der Waals surface area (Å²) >= 11 is 11.8. The zero-order chi connectivity index (χ0) is 16.7. The van der Waals surface area contributed by atoms with Crippen LogP contribution in [0, 0.1) is 0 Å². The van der Waals surface area contributed by atoms with E-state index >= 15 is 0 Å². The third-order valence-corrected chi connectivity index (χ3v) is 3.12. The maximum absolute atomic E-state index is 10.9. The molecule has 0 atom stereocenters. The van der Waals surface area contributed by atoms with Crippen molar-refractivity contribution in [3.8, 4) is 17.2 Å². The Morgan fingerprint density at radius 3 is 2.17 bits per heavy atom. The number of nitrogens with one attached hydrogen (secondary N) is 1. The summed E-state index contributed by atoms with van der Waals surface area (Å²) < 4.78 is 15.9. The Morgan fingerprint density at radius 1 is 0.957 bits per heavy atom. The van der Waals surface area contributed by atoms with Gasteiger partial charge in [0.15, 0.2) is 0 Å². The Hall–Kier alpha value is -2.11. The molecule has 0 aliphatic rings. The van der Waals surface area contributed by atoms with Crippen LogP contribution in [-0.2, 0) is 4.74 Å². The first-order valence-electron chi connectivity index (χ1n) is 6.78. The molecule has 2 aromatic rings. The smallest absolute Gasteiger partial charge is 0.406 e. The average Bonchev–Trinajstić information content (AvgIpc) is 2.52. The van der Waals surface area contributed by atoms with Crippen molar-refractivity contribution >= 4 is 29.3 Å². The Morgan fingerprint density at radius 2 is 1.57 bits per heavy atom. The minimum absolute atomic E-state index is 0.166. The van der Waals surface area contributed by atoms with Crippen LogP contribution >= 0.6 is 23.2 Å². The second-order valence-corrected chi connectivity index (χ2v) is 5.29. The van der Waals surface area contributed by atoms with Gasteiger partial charge in [-0.15, -0.1) is 0 Å². The molecule has 1 amide bonds. The molecule has 0 saturated heterocycles. The molecular formula is C16H15Cl2NO4. The summed E-state index contributed by atoms with van der Waals surface area (Å²) in [6.07, 6.45) is -0.488. The molecule has 7 heteroatoms. The van der Waals surface area contributed by atoms with Crippen LogP contribution in [0.2, 0.25) is 10.0 Å². The van der Waals surface area contributed by atoms with Gasteiger partial charge in [-0.05, 0) is 42.5 Å². The SMILES string of the molecule is CNC(=O)OCCOc1ccc(Oc2cc(Cl)cc(Cl)c2)cc1. The van der Waals surface area contributed by atoms with E-state index in [0.29, 0.717) is 27.3 Å². The van der Waals surface area contributed by atoms with Crippen molar-refractivity contribution in [2.24, 2.45) is 0 Å². The largest absolute Gasteiger partial charge is 0.490 e. The van der Waals surface area contributed by atoms with Gasteiger partial charge in [-0.3, -0.25) is 0 Å².